The molecule has 8 rings (SSSR count). The molecule has 5 fully saturated rings. The molecular formula is C28H27NO4. The molecule has 1 unspecified atom stereocenters. The third-order valence-corrected chi connectivity index (χ3v) is 8.86. The van der Waals surface area contributed by atoms with Gasteiger partial charge in [0.2, 0.25) is 0 Å². The fourth-order valence-corrected chi connectivity index (χ4v) is 7.81. The molecule has 5 heteroatoms. The van der Waals surface area contributed by atoms with Crippen molar-refractivity contribution in [1.82, 2.24) is 0 Å². The van der Waals surface area contributed by atoms with Gasteiger partial charge in [0.15, 0.2) is 6.10 Å². The van der Waals surface area contributed by atoms with Gasteiger partial charge in [-0.05, 0) is 85.6 Å². The van der Waals surface area contributed by atoms with E-state index in [1.54, 1.807) is 19.2 Å². The minimum atomic E-state index is -0.882. The molecule has 4 saturated carbocycles. The van der Waals surface area contributed by atoms with Crippen molar-refractivity contribution in [1.29, 1.82) is 0 Å². The summed E-state index contributed by atoms with van der Waals surface area (Å²) in [5, 5.41) is 0. The Balaban J connectivity index is 1.44. The molecule has 33 heavy (non-hydrogen) atoms. The molecule has 4 bridgehead atoms. The van der Waals surface area contributed by atoms with E-state index in [0.717, 1.165) is 54.4 Å². The van der Waals surface area contributed by atoms with Crippen LogP contribution in [0.2, 0.25) is 0 Å². The monoisotopic (exact) mass is 441 g/mol. The summed E-state index contributed by atoms with van der Waals surface area (Å²) < 4.78 is 12.8. The second-order valence-electron chi connectivity index (χ2n) is 10.4. The number of amides is 2. The molecule has 4 aliphatic carbocycles. The van der Waals surface area contributed by atoms with Gasteiger partial charge in [0.1, 0.15) is 11.4 Å². The fourth-order valence-electron chi connectivity index (χ4n) is 7.81. The van der Waals surface area contributed by atoms with E-state index in [1.165, 1.54) is 11.3 Å². The SMILES string of the molecule is COc1cccc2c1C=C1C(=O)N(c3ccccc3)C(=O)C1OC21C2CC3CC(C2)CC1C3. The van der Waals surface area contributed by atoms with Crippen LogP contribution < -0.4 is 9.64 Å². The van der Waals surface area contributed by atoms with Crippen LogP contribution in [0.25, 0.3) is 6.08 Å². The number of methoxy groups -OCH3 is 1. The van der Waals surface area contributed by atoms with Gasteiger partial charge < -0.3 is 9.47 Å². The van der Waals surface area contributed by atoms with Crippen molar-refractivity contribution in [3.8, 4) is 5.75 Å². The minimum absolute atomic E-state index is 0.280. The van der Waals surface area contributed by atoms with Crippen LogP contribution in [0.15, 0.2) is 54.1 Å². The number of rotatable bonds is 2. The van der Waals surface area contributed by atoms with Crippen LogP contribution in [0.4, 0.5) is 5.69 Å². The first-order valence-electron chi connectivity index (χ1n) is 12.1. The zero-order valence-corrected chi connectivity index (χ0v) is 18.7. The normalized spacial score (nSPS) is 36.0. The number of fused-ring (bicyclic) bond motifs is 2. The zero-order valence-electron chi connectivity index (χ0n) is 18.7. The van der Waals surface area contributed by atoms with E-state index >= 15 is 0 Å². The van der Waals surface area contributed by atoms with Crippen LogP contribution in [0, 0.1) is 23.7 Å². The first kappa shape index (κ1) is 19.5. The molecule has 2 aliphatic heterocycles. The Bertz CT molecular complexity index is 1170. The highest BCUT2D eigenvalue weighted by Gasteiger charge is 2.63. The van der Waals surface area contributed by atoms with Gasteiger partial charge in [0, 0.05) is 5.56 Å². The summed E-state index contributed by atoms with van der Waals surface area (Å²) in [5.41, 5.74) is 2.46. The van der Waals surface area contributed by atoms with Crippen molar-refractivity contribution in [3.63, 3.8) is 0 Å². The van der Waals surface area contributed by atoms with Crippen molar-refractivity contribution in [2.24, 2.45) is 23.7 Å². The molecule has 2 heterocycles. The number of nitrogens with zero attached hydrogens (tertiary/aromatic N) is 1. The molecule has 0 radical (unpaired) electrons. The summed E-state index contributed by atoms with van der Waals surface area (Å²) in [4.78, 5) is 28.6. The van der Waals surface area contributed by atoms with Crippen LogP contribution in [-0.2, 0) is 19.9 Å². The minimum Gasteiger partial charge on any atom is -0.496 e. The molecule has 2 aromatic rings. The summed E-state index contributed by atoms with van der Waals surface area (Å²) >= 11 is 0. The van der Waals surface area contributed by atoms with Crippen LogP contribution in [0.5, 0.6) is 5.75 Å². The Hall–Kier alpha value is -2.92. The average Bonchev–Trinajstić information content (AvgIpc) is 2.96. The van der Waals surface area contributed by atoms with E-state index in [1.807, 2.05) is 36.4 Å². The predicted molar refractivity (Wildman–Crippen MR) is 124 cm³/mol. The lowest BCUT2D eigenvalue weighted by Gasteiger charge is -2.61. The highest BCUT2D eigenvalue weighted by Crippen LogP contribution is 2.65. The molecule has 2 amide bonds. The quantitative estimate of drug-likeness (QED) is 0.634. The number of para-hydroxylation sites is 1. The molecule has 1 saturated heterocycles. The zero-order chi connectivity index (χ0) is 22.3. The van der Waals surface area contributed by atoms with E-state index < -0.39 is 11.7 Å². The van der Waals surface area contributed by atoms with Crippen molar-refractivity contribution < 1.29 is 19.1 Å². The number of carbonyl (C=O) groups is 2. The number of imide groups is 1. The molecule has 0 N–H and O–H groups in total. The van der Waals surface area contributed by atoms with Crippen LogP contribution in [0.1, 0.15) is 43.2 Å². The molecule has 6 aliphatic rings. The van der Waals surface area contributed by atoms with Gasteiger partial charge in [-0.15, -0.1) is 0 Å². The number of ether oxygens (including phenoxy) is 2. The van der Waals surface area contributed by atoms with Crippen molar-refractivity contribution in [3.05, 3.63) is 65.2 Å². The lowest BCUT2D eigenvalue weighted by atomic mass is 9.48. The Morgan fingerprint density at radius 3 is 2.27 bits per heavy atom. The standard InChI is InChI=1S/C28H27NO4/c1-32-24-9-5-8-23-21(24)15-22-25(27(31)29(26(22)30)20-6-3-2-4-7-20)33-28(23)18-11-16-10-17(13-18)14-19(28)12-16/h2-9,15-19,25H,10-14H2,1H3. The Labute approximate surface area is 193 Å². The van der Waals surface area contributed by atoms with E-state index in [-0.39, 0.29) is 11.8 Å². The second-order valence-corrected chi connectivity index (χ2v) is 10.4. The Kier molecular flexibility index (Phi) is 4.02. The molecule has 168 valence electrons. The number of benzene rings is 2. The molecule has 5 nitrogen and oxygen atoms in total. The van der Waals surface area contributed by atoms with Gasteiger partial charge in [-0.3, -0.25) is 9.59 Å². The summed E-state index contributed by atoms with van der Waals surface area (Å²) in [6.45, 7) is 0. The second kappa shape index (κ2) is 6.80. The summed E-state index contributed by atoms with van der Waals surface area (Å²) in [7, 11) is 1.67. The summed E-state index contributed by atoms with van der Waals surface area (Å²) in [6.07, 6.45) is 6.87. The van der Waals surface area contributed by atoms with E-state index in [2.05, 4.69) is 6.07 Å². The molecule has 0 aromatic heterocycles. The predicted octanol–water partition coefficient (Wildman–Crippen LogP) is 4.70. The first-order valence-corrected chi connectivity index (χ1v) is 12.1. The van der Waals surface area contributed by atoms with E-state index in [4.69, 9.17) is 9.47 Å². The van der Waals surface area contributed by atoms with Gasteiger partial charge in [-0.2, -0.15) is 0 Å². The largest absolute Gasteiger partial charge is 0.496 e. The van der Waals surface area contributed by atoms with Crippen molar-refractivity contribution >= 4 is 23.6 Å². The van der Waals surface area contributed by atoms with Crippen molar-refractivity contribution in [2.45, 2.75) is 43.8 Å². The Morgan fingerprint density at radius 1 is 0.909 bits per heavy atom. The molecular weight excluding hydrogens is 414 g/mol. The van der Waals surface area contributed by atoms with Crippen molar-refractivity contribution in [2.75, 3.05) is 12.0 Å². The highest BCUT2D eigenvalue weighted by molar-refractivity contribution is 6.32. The average molecular weight is 442 g/mol. The van der Waals surface area contributed by atoms with Crippen LogP contribution in [-0.4, -0.2) is 25.0 Å². The molecule has 2 aromatic carbocycles. The number of hydrogen-bond acceptors (Lipinski definition) is 4. The first-order chi connectivity index (χ1) is 16.1. The lowest BCUT2D eigenvalue weighted by molar-refractivity contribution is -0.223. The number of carbonyl (C=O) groups excluding carboxylic acids is 2. The van der Waals surface area contributed by atoms with E-state index in [9.17, 15) is 9.59 Å². The Morgan fingerprint density at radius 2 is 1.61 bits per heavy atom. The smallest absolute Gasteiger partial charge is 0.268 e. The lowest BCUT2D eigenvalue weighted by Crippen LogP contribution is -2.58. The van der Waals surface area contributed by atoms with E-state index in [0.29, 0.717) is 23.1 Å². The van der Waals surface area contributed by atoms with Gasteiger partial charge in [0.05, 0.1) is 18.4 Å². The fraction of sp³-hybridized carbons (Fsp3) is 0.429. The van der Waals surface area contributed by atoms with Gasteiger partial charge in [0.25, 0.3) is 11.8 Å². The maximum absolute atomic E-state index is 13.7. The maximum atomic E-state index is 13.7. The molecule has 1 spiro atoms. The van der Waals surface area contributed by atoms with Gasteiger partial charge in [-0.25, -0.2) is 4.90 Å². The third-order valence-electron chi connectivity index (χ3n) is 8.86. The van der Waals surface area contributed by atoms with Crippen LogP contribution >= 0.6 is 0 Å². The summed E-state index contributed by atoms with van der Waals surface area (Å²) in [6, 6.07) is 15.3. The summed E-state index contributed by atoms with van der Waals surface area (Å²) in [5.74, 6) is 2.39. The maximum Gasteiger partial charge on any atom is 0.268 e. The van der Waals surface area contributed by atoms with Crippen LogP contribution in [0.3, 0.4) is 0 Å². The topological polar surface area (TPSA) is 55.8 Å². The number of hydrogen-bond donors (Lipinski definition) is 0. The van der Waals surface area contributed by atoms with Gasteiger partial charge >= 0.3 is 0 Å². The third kappa shape index (κ3) is 2.52. The van der Waals surface area contributed by atoms with Gasteiger partial charge in [-0.1, -0.05) is 30.3 Å². The number of anilines is 1. The highest BCUT2D eigenvalue weighted by atomic mass is 16.5. The molecule has 1 atom stereocenters.